The van der Waals surface area contributed by atoms with Gasteiger partial charge in [-0.05, 0) is 76.1 Å². The lowest BCUT2D eigenvalue weighted by Gasteiger charge is -2.48. The molecule has 0 N–H and O–H groups in total. The van der Waals surface area contributed by atoms with Crippen molar-refractivity contribution in [2.75, 3.05) is 31.1 Å². The van der Waals surface area contributed by atoms with E-state index >= 15 is 0 Å². The number of nitrogens with zero attached hydrogens (tertiary/aromatic N) is 2. The number of rotatable bonds is 9. The Morgan fingerprint density at radius 1 is 1.03 bits per heavy atom. The molecule has 2 aromatic carbocycles. The number of carbonyl (C=O) groups excluding carboxylic acids is 2. The molecular formula is C25H31FN2O2. The number of halogens is 1. The van der Waals surface area contributed by atoms with Crippen molar-refractivity contribution in [1.29, 1.82) is 0 Å². The molecule has 0 radical (unpaired) electrons. The first-order valence-corrected chi connectivity index (χ1v) is 10.8. The minimum absolute atomic E-state index is 0.0475. The van der Waals surface area contributed by atoms with Crippen LogP contribution in [0.2, 0.25) is 0 Å². The minimum Gasteiger partial charge on any atom is -0.359 e. The Morgan fingerprint density at radius 3 is 2.23 bits per heavy atom. The highest BCUT2D eigenvalue weighted by atomic mass is 19.1. The molecule has 160 valence electrons. The topological polar surface area (TPSA) is 40.6 Å². The van der Waals surface area contributed by atoms with Crippen LogP contribution in [0.3, 0.4) is 0 Å². The van der Waals surface area contributed by atoms with Crippen molar-refractivity contribution < 1.29 is 14.0 Å². The van der Waals surface area contributed by atoms with Crippen molar-refractivity contribution >= 4 is 17.3 Å². The fourth-order valence-corrected chi connectivity index (χ4v) is 4.54. The van der Waals surface area contributed by atoms with E-state index in [0.717, 1.165) is 51.1 Å². The maximum Gasteiger partial charge on any atom is 0.162 e. The minimum atomic E-state index is -0.462. The van der Waals surface area contributed by atoms with E-state index < -0.39 is 5.54 Å². The van der Waals surface area contributed by atoms with Crippen LogP contribution < -0.4 is 4.90 Å². The maximum atomic E-state index is 13.0. The van der Waals surface area contributed by atoms with E-state index in [1.54, 1.807) is 19.1 Å². The van der Waals surface area contributed by atoms with Gasteiger partial charge in [0.05, 0.1) is 0 Å². The number of carbonyl (C=O) groups is 2. The largest absolute Gasteiger partial charge is 0.359 e. The molecule has 1 fully saturated rings. The number of likely N-dealkylation sites (tertiary alicyclic amines) is 1. The third-order valence-electron chi connectivity index (χ3n) is 6.28. The quantitative estimate of drug-likeness (QED) is 0.560. The Morgan fingerprint density at radius 2 is 1.67 bits per heavy atom. The molecular weight excluding hydrogens is 379 g/mol. The van der Waals surface area contributed by atoms with E-state index in [0.29, 0.717) is 12.0 Å². The van der Waals surface area contributed by atoms with E-state index in [2.05, 4.69) is 28.9 Å². The number of hydrogen-bond acceptors (Lipinski definition) is 4. The van der Waals surface area contributed by atoms with Gasteiger partial charge in [0, 0.05) is 37.3 Å². The number of hydrogen-bond donors (Lipinski definition) is 0. The maximum absolute atomic E-state index is 13.0. The van der Waals surface area contributed by atoms with Gasteiger partial charge < -0.3 is 9.80 Å². The summed E-state index contributed by atoms with van der Waals surface area (Å²) in [6, 6.07) is 15.9. The second-order valence-electron chi connectivity index (χ2n) is 8.04. The van der Waals surface area contributed by atoms with Crippen LogP contribution >= 0.6 is 0 Å². The lowest BCUT2D eigenvalue weighted by Crippen LogP contribution is -2.60. The zero-order valence-corrected chi connectivity index (χ0v) is 17.9. The average molecular weight is 411 g/mol. The van der Waals surface area contributed by atoms with E-state index in [1.165, 1.54) is 12.1 Å². The van der Waals surface area contributed by atoms with Gasteiger partial charge in [-0.25, -0.2) is 4.39 Å². The Balaban J connectivity index is 1.56. The number of para-hydroxylation sites is 1. The fourth-order valence-electron chi connectivity index (χ4n) is 4.54. The van der Waals surface area contributed by atoms with Crippen molar-refractivity contribution in [3.8, 4) is 0 Å². The third-order valence-corrected chi connectivity index (χ3v) is 6.28. The van der Waals surface area contributed by atoms with Crippen molar-refractivity contribution in [2.24, 2.45) is 0 Å². The van der Waals surface area contributed by atoms with Crippen LogP contribution in [0, 0.1) is 5.82 Å². The summed E-state index contributed by atoms with van der Waals surface area (Å²) >= 11 is 0. The van der Waals surface area contributed by atoms with Gasteiger partial charge in [0.2, 0.25) is 0 Å². The summed E-state index contributed by atoms with van der Waals surface area (Å²) in [7, 11) is 0. The molecule has 1 heterocycles. The molecule has 1 saturated heterocycles. The first-order valence-electron chi connectivity index (χ1n) is 10.8. The molecule has 0 unspecified atom stereocenters. The number of anilines is 1. The molecule has 0 aromatic heterocycles. The monoisotopic (exact) mass is 410 g/mol. The second-order valence-corrected chi connectivity index (χ2v) is 8.04. The van der Waals surface area contributed by atoms with Gasteiger partial charge in [0.1, 0.15) is 11.4 Å². The molecule has 0 amide bonds. The Hall–Kier alpha value is -2.53. The first-order chi connectivity index (χ1) is 14.5. The van der Waals surface area contributed by atoms with Gasteiger partial charge in [-0.1, -0.05) is 18.2 Å². The summed E-state index contributed by atoms with van der Waals surface area (Å²) < 4.78 is 13.0. The molecule has 1 aliphatic heterocycles. The smallest absolute Gasteiger partial charge is 0.162 e. The number of Topliss-reactive ketones (excluding diaryl/α,β-unsaturated/α-hetero) is 2. The predicted octanol–water partition coefficient (Wildman–Crippen LogP) is 4.74. The van der Waals surface area contributed by atoms with Gasteiger partial charge >= 0.3 is 0 Å². The third kappa shape index (κ3) is 4.96. The van der Waals surface area contributed by atoms with Crippen molar-refractivity contribution in [3.05, 3.63) is 66.0 Å². The zero-order valence-electron chi connectivity index (χ0n) is 17.9. The lowest BCUT2D eigenvalue weighted by atomic mass is 9.81. The molecule has 3 rings (SSSR count). The van der Waals surface area contributed by atoms with Gasteiger partial charge in [0.25, 0.3) is 0 Å². The zero-order chi connectivity index (χ0) is 21.6. The first kappa shape index (κ1) is 22.2. The lowest BCUT2D eigenvalue weighted by molar-refractivity contribution is -0.123. The standard InChI is InChI=1S/C25H31FN2O2/c1-3-28(23-8-5-4-6-9-23)25(20(2)29)15-18-27(19-16-25)17-7-10-24(30)21-11-13-22(26)14-12-21/h4-6,8-9,11-14H,3,7,10,15-19H2,1-2H3. The van der Waals surface area contributed by atoms with Crippen LogP contribution in [0.4, 0.5) is 10.1 Å². The molecule has 0 atom stereocenters. The van der Waals surface area contributed by atoms with Crippen LogP contribution in [0.5, 0.6) is 0 Å². The van der Waals surface area contributed by atoms with Crippen molar-refractivity contribution in [1.82, 2.24) is 4.90 Å². The van der Waals surface area contributed by atoms with Crippen LogP contribution in [0.15, 0.2) is 54.6 Å². The summed E-state index contributed by atoms with van der Waals surface area (Å²) in [5.41, 5.74) is 1.19. The van der Waals surface area contributed by atoms with Crippen molar-refractivity contribution in [2.45, 2.75) is 45.1 Å². The van der Waals surface area contributed by atoms with Crippen LogP contribution in [-0.4, -0.2) is 48.2 Å². The van der Waals surface area contributed by atoms with Gasteiger partial charge in [-0.15, -0.1) is 0 Å². The molecule has 2 aromatic rings. The molecule has 0 bridgehead atoms. The Bertz CT molecular complexity index is 843. The highest BCUT2D eigenvalue weighted by molar-refractivity contribution is 5.96. The summed E-state index contributed by atoms with van der Waals surface area (Å²) in [5, 5.41) is 0. The van der Waals surface area contributed by atoms with E-state index in [-0.39, 0.29) is 17.4 Å². The number of piperidine rings is 1. The highest BCUT2D eigenvalue weighted by Crippen LogP contribution is 2.34. The summed E-state index contributed by atoms with van der Waals surface area (Å²) in [6.07, 6.45) is 2.79. The molecule has 0 saturated carbocycles. The summed E-state index contributed by atoms with van der Waals surface area (Å²) in [6.45, 7) is 7.11. The van der Waals surface area contributed by atoms with Gasteiger partial charge in [0.15, 0.2) is 11.6 Å². The molecule has 30 heavy (non-hydrogen) atoms. The van der Waals surface area contributed by atoms with Gasteiger partial charge in [-0.3, -0.25) is 9.59 Å². The molecule has 0 aliphatic carbocycles. The van der Waals surface area contributed by atoms with Gasteiger partial charge in [-0.2, -0.15) is 0 Å². The van der Waals surface area contributed by atoms with E-state index in [9.17, 15) is 14.0 Å². The fraction of sp³-hybridized carbons (Fsp3) is 0.440. The summed E-state index contributed by atoms with van der Waals surface area (Å²) in [5.74, 6) is -0.0592. The van der Waals surface area contributed by atoms with E-state index in [4.69, 9.17) is 0 Å². The highest BCUT2D eigenvalue weighted by Gasteiger charge is 2.43. The molecule has 0 spiro atoms. The Kier molecular flexibility index (Phi) is 7.38. The average Bonchev–Trinajstić information content (AvgIpc) is 2.76. The molecule has 4 nitrogen and oxygen atoms in total. The van der Waals surface area contributed by atoms with Crippen LogP contribution in [0.1, 0.15) is 49.9 Å². The van der Waals surface area contributed by atoms with Crippen LogP contribution in [0.25, 0.3) is 0 Å². The Labute approximate surface area is 178 Å². The molecule has 1 aliphatic rings. The van der Waals surface area contributed by atoms with Crippen LogP contribution in [-0.2, 0) is 4.79 Å². The normalized spacial score (nSPS) is 16.2. The summed E-state index contributed by atoms with van der Waals surface area (Å²) in [4.78, 5) is 29.6. The predicted molar refractivity (Wildman–Crippen MR) is 119 cm³/mol. The number of benzene rings is 2. The SMILES string of the molecule is CCN(c1ccccc1)C1(C(C)=O)CCN(CCCC(=O)c2ccc(F)cc2)CC1. The number of ketones is 2. The molecule has 5 heteroatoms. The number of likely N-dealkylation sites (N-methyl/N-ethyl adjacent to an activating group) is 1. The second kappa shape index (κ2) is 9.98. The van der Waals surface area contributed by atoms with Crippen molar-refractivity contribution in [3.63, 3.8) is 0 Å². The van der Waals surface area contributed by atoms with E-state index in [1.807, 2.05) is 18.2 Å².